The molecule has 1 aliphatic heterocycles. The second-order valence-electron chi connectivity index (χ2n) is 6.74. The van der Waals surface area contributed by atoms with Crippen LogP contribution in [0.5, 0.6) is 0 Å². The van der Waals surface area contributed by atoms with Crippen molar-refractivity contribution in [2.75, 3.05) is 16.8 Å². The van der Waals surface area contributed by atoms with Crippen molar-refractivity contribution < 1.29 is 22.8 Å². The van der Waals surface area contributed by atoms with E-state index in [0.29, 0.717) is 11.4 Å². The fourth-order valence-electron chi connectivity index (χ4n) is 3.20. The fourth-order valence-corrected chi connectivity index (χ4v) is 3.20. The van der Waals surface area contributed by atoms with Gasteiger partial charge in [0, 0.05) is 24.3 Å². The number of hydrogen-bond acceptors (Lipinski definition) is 5. The van der Waals surface area contributed by atoms with Crippen LogP contribution in [0.2, 0.25) is 0 Å². The second-order valence-corrected chi connectivity index (χ2v) is 6.74. The van der Waals surface area contributed by atoms with Crippen LogP contribution in [-0.4, -0.2) is 38.6 Å². The molecule has 30 heavy (non-hydrogen) atoms. The van der Waals surface area contributed by atoms with E-state index in [4.69, 9.17) is 0 Å². The molecule has 0 saturated carbocycles. The van der Waals surface area contributed by atoms with E-state index in [2.05, 4.69) is 20.8 Å². The SMILES string of the molecule is O=C(Nc1ccc(-n2cnnn2)cc1)[C@@H]1CC(=O)N(c2cccc(C(F)(F)F)c2)C1. The first-order valence-electron chi connectivity index (χ1n) is 8.93. The van der Waals surface area contributed by atoms with Crippen molar-refractivity contribution in [1.29, 1.82) is 0 Å². The van der Waals surface area contributed by atoms with Gasteiger partial charge >= 0.3 is 6.18 Å². The molecule has 1 fully saturated rings. The molecular formula is C19H15F3N6O2. The Morgan fingerprint density at radius 1 is 1.10 bits per heavy atom. The van der Waals surface area contributed by atoms with E-state index in [1.165, 1.54) is 28.0 Å². The predicted octanol–water partition coefficient (Wildman–Crippen LogP) is 2.67. The molecule has 0 aliphatic carbocycles. The molecule has 0 radical (unpaired) electrons. The number of halogens is 3. The van der Waals surface area contributed by atoms with Crippen molar-refractivity contribution in [2.24, 2.45) is 5.92 Å². The summed E-state index contributed by atoms with van der Waals surface area (Å²) in [5.41, 5.74) is 0.492. The Hall–Kier alpha value is -3.76. The Bertz CT molecular complexity index is 1070. The number of carbonyl (C=O) groups excluding carboxylic acids is 2. The number of benzene rings is 2. The Kier molecular flexibility index (Phi) is 4.94. The van der Waals surface area contributed by atoms with Gasteiger partial charge in [-0.2, -0.15) is 13.2 Å². The van der Waals surface area contributed by atoms with Crippen LogP contribution >= 0.6 is 0 Å². The Morgan fingerprint density at radius 3 is 2.53 bits per heavy atom. The summed E-state index contributed by atoms with van der Waals surface area (Å²) in [6.07, 6.45) is -3.16. The standard InChI is InChI=1S/C19H15F3N6O2/c20-19(21,22)13-2-1-3-16(9-13)27-10-12(8-17(27)29)18(30)24-14-4-6-15(7-5-14)28-11-23-25-26-28/h1-7,9,11-12H,8,10H2,(H,24,30)/t12-/m1/s1. The maximum absolute atomic E-state index is 12.9. The predicted molar refractivity (Wildman–Crippen MR) is 99.7 cm³/mol. The van der Waals surface area contributed by atoms with Crippen LogP contribution < -0.4 is 10.2 Å². The minimum Gasteiger partial charge on any atom is -0.326 e. The molecule has 0 unspecified atom stereocenters. The van der Waals surface area contributed by atoms with Crippen molar-refractivity contribution in [2.45, 2.75) is 12.6 Å². The van der Waals surface area contributed by atoms with Gasteiger partial charge in [0.25, 0.3) is 0 Å². The molecule has 3 aromatic rings. The topological polar surface area (TPSA) is 93.0 Å². The molecule has 8 nitrogen and oxygen atoms in total. The smallest absolute Gasteiger partial charge is 0.326 e. The van der Waals surface area contributed by atoms with Crippen molar-refractivity contribution >= 4 is 23.2 Å². The zero-order valence-corrected chi connectivity index (χ0v) is 15.4. The maximum atomic E-state index is 12.9. The normalized spacial score (nSPS) is 16.7. The van der Waals surface area contributed by atoms with Crippen molar-refractivity contribution in [3.05, 3.63) is 60.4 Å². The van der Waals surface area contributed by atoms with Crippen LogP contribution in [0.3, 0.4) is 0 Å². The van der Waals surface area contributed by atoms with Crippen LogP contribution in [0, 0.1) is 5.92 Å². The molecule has 1 aromatic heterocycles. The van der Waals surface area contributed by atoms with Gasteiger partial charge in [0.05, 0.1) is 17.2 Å². The highest BCUT2D eigenvalue weighted by molar-refractivity contribution is 6.03. The largest absolute Gasteiger partial charge is 0.416 e. The number of aromatic nitrogens is 4. The lowest BCUT2D eigenvalue weighted by Crippen LogP contribution is -2.28. The molecule has 4 rings (SSSR count). The van der Waals surface area contributed by atoms with Crippen molar-refractivity contribution in [3.63, 3.8) is 0 Å². The van der Waals surface area contributed by atoms with E-state index >= 15 is 0 Å². The Labute approximate surface area is 168 Å². The quantitative estimate of drug-likeness (QED) is 0.706. The van der Waals surface area contributed by atoms with Crippen LogP contribution in [0.15, 0.2) is 54.9 Å². The van der Waals surface area contributed by atoms with Crippen LogP contribution in [0.25, 0.3) is 5.69 Å². The first kappa shape index (κ1) is 19.6. The Balaban J connectivity index is 1.43. The molecule has 0 spiro atoms. The first-order chi connectivity index (χ1) is 14.3. The number of rotatable bonds is 4. The molecule has 1 atom stereocenters. The number of hydrogen-bond donors (Lipinski definition) is 1. The van der Waals surface area contributed by atoms with E-state index in [1.807, 2.05) is 0 Å². The number of tetrazole rings is 1. The average Bonchev–Trinajstić information content (AvgIpc) is 3.38. The van der Waals surface area contributed by atoms with Crippen molar-refractivity contribution in [1.82, 2.24) is 20.2 Å². The Morgan fingerprint density at radius 2 is 1.87 bits per heavy atom. The first-order valence-corrected chi connectivity index (χ1v) is 8.93. The number of anilines is 2. The number of nitrogens with zero attached hydrogens (tertiary/aromatic N) is 5. The lowest BCUT2D eigenvalue weighted by Gasteiger charge is -2.18. The summed E-state index contributed by atoms with van der Waals surface area (Å²) in [5, 5.41) is 13.6. The zero-order valence-electron chi connectivity index (χ0n) is 15.4. The number of alkyl halides is 3. The van der Waals surface area contributed by atoms with E-state index in [9.17, 15) is 22.8 Å². The number of carbonyl (C=O) groups is 2. The van der Waals surface area contributed by atoms with E-state index in [0.717, 1.165) is 12.1 Å². The van der Waals surface area contributed by atoms with E-state index in [1.54, 1.807) is 24.3 Å². The summed E-state index contributed by atoms with van der Waals surface area (Å²) in [6, 6.07) is 11.3. The third-order valence-electron chi connectivity index (χ3n) is 4.73. The van der Waals surface area contributed by atoms with Gasteiger partial charge in [-0.3, -0.25) is 9.59 Å². The maximum Gasteiger partial charge on any atom is 0.416 e. The zero-order chi connectivity index (χ0) is 21.3. The van der Waals surface area contributed by atoms with Crippen molar-refractivity contribution in [3.8, 4) is 5.69 Å². The molecule has 1 aliphatic rings. The van der Waals surface area contributed by atoms with Gasteiger partial charge < -0.3 is 10.2 Å². The fraction of sp³-hybridized carbons (Fsp3) is 0.211. The molecule has 2 heterocycles. The molecule has 0 bridgehead atoms. The second kappa shape index (κ2) is 7.58. The average molecular weight is 416 g/mol. The number of amides is 2. The highest BCUT2D eigenvalue weighted by atomic mass is 19.4. The lowest BCUT2D eigenvalue weighted by atomic mass is 10.1. The molecule has 2 aromatic carbocycles. The summed E-state index contributed by atoms with van der Waals surface area (Å²) >= 11 is 0. The molecule has 154 valence electrons. The van der Waals surface area contributed by atoms with Gasteiger partial charge in [0.2, 0.25) is 11.8 Å². The van der Waals surface area contributed by atoms with E-state index < -0.39 is 23.6 Å². The minimum atomic E-state index is -4.51. The molecule has 2 amide bonds. The highest BCUT2D eigenvalue weighted by Gasteiger charge is 2.37. The third kappa shape index (κ3) is 4.00. The molecule has 11 heteroatoms. The van der Waals surface area contributed by atoms with Gasteiger partial charge in [-0.1, -0.05) is 6.07 Å². The lowest BCUT2D eigenvalue weighted by molar-refractivity contribution is -0.137. The van der Waals surface area contributed by atoms with E-state index in [-0.39, 0.29) is 24.6 Å². The molecule has 1 N–H and O–H groups in total. The van der Waals surface area contributed by atoms with Gasteiger partial charge in [0.15, 0.2) is 0 Å². The van der Waals surface area contributed by atoms with Gasteiger partial charge in [-0.05, 0) is 52.9 Å². The summed E-state index contributed by atoms with van der Waals surface area (Å²) < 4.78 is 40.3. The summed E-state index contributed by atoms with van der Waals surface area (Å²) in [7, 11) is 0. The van der Waals surface area contributed by atoms with Crippen LogP contribution in [0.1, 0.15) is 12.0 Å². The molecule has 1 saturated heterocycles. The minimum absolute atomic E-state index is 0.00862. The monoisotopic (exact) mass is 416 g/mol. The van der Waals surface area contributed by atoms with Gasteiger partial charge in [-0.15, -0.1) is 5.10 Å². The summed E-state index contributed by atoms with van der Waals surface area (Å²) in [5.74, 6) is -1.46. The van der Waals surface area contributed by atoms with Crippen LogP contribution in [0.4, 0.5) is 24.5 Å². The van der Waals surface area contributed by atoms with Gasteiger partial charge in [0.1, 0.15) is 6.33 Å². The highest BCUT2D eigenvalue weighted by Crippen LogP contribution is 2.33. The summed E-state index contributed by atoms with van der Waals surface area (Å²) in [6.45, 7) is 0.00862. The molecular weight excluding hydrogens is 401 g/mol. The number of nitrogens with one attached hydrogen (secondary N) is 1. The van der Waals surface area contributed by atoms with Gasteiger partial charge in [-0.25, -0.2) is 4.68 Å². The summed E-state index contributed by atoms with van der Waals surface area (Å²) in [4.78, 5) is 26.1. The van der Waals surface area contributed by atoms with Crippen LogP contribution in [-0.2, 0) is 15.8 Å². The third-order valence-corrected chi connectivity index (χ3v) is 4.73.